The molecule has 0 N–H and O–H groups in total. The molecule has 0 aromatic heterocycles. The Morgan fingerprint density at radius 1 is 0.645 bits per heavy atom. The second-order valence-corrected chi connectivity index (χ2v) is 26.8. The standard InChI is InChI=1S/C11H23Si.3C6H5.Sn/c1-5-6-7-8-9-10-11-12(2,3)4;3*1-2-4-6-5-3-1;/h10H,5-9H2,1-4H3;3*1-5H;. The van der Waals surface area contributed by atoms with Crippen molar-refractivity contribution in [2.45, 2.75) is 58.7 Å². The summed E-state index contributed by atoms with van der Waals surface area (Å²) in [5.74, 6) is 0. The average Bonchev–Trinajstić information content (AvgIpc) is 2.79. The summed E-state index contributed by atoms with van der Waals surface area (Å²) in [7, 11) is -1.58. The molecule has 0 atom stereocenters. The summed E-state index contributed by atoms with van der Waals surface area (Å²) >= 11 is -3.40. The Morgan fingerprint density at radius 2 is 1.06 bits per heavy atom. The monoisotopic (exact) mass is 534 g/mol. The van der Waals surface area contributed by atoms with Crippen LogP contribution in [0.25, 0.3) is 0 Å². The van der Waals surface area contributed by atoms with Crippen LogP contribution in [0.2, 0.25) is 19.6 Å². The topological polar surface area (TPSA) is 0 Å². The van der Waals surface area contributed by atoms with Gasteiger partial charge in [-0.3, -0.25) is 0 Å². The predicted molar refractivity (Wildman–Crippen MR) is 144 cm³/mol. The molecule has 0 fully saturated rings. The van der Waals surface area contributed by atoms with Crippen molar-refractivity contribution in [2.75, 3.05) is 0 Å². The molecule has 3 rings (SSSR count). The predicted octanol–water partition coefficient (Wildman–Crippen LogP) is 6.47. The van der Waals surface area contributed by atoms with E-state index in [1.54, 1.807) is 10.7 Å². The maximum absolute atomic E-state index is 3.40. The molecular formula is C29H38SiSn. The van der Waals surface area contributed by atoms with E-state index in [0.717, 1.165) is 0 Å². The van der Waals surface area contributed by atoms with Gasteiger partial charge >= 0.3 is 196 Å². The van der Waals surface area contributed by atoms with Gasteiger partial charge in [-0.1, -0.05) is 0 Å². The minimum atomic E-state index is -3.40. The van der Waals surface area contributed by atoms with Crippen molar-refractivity contribution in [1.82, 2.24) is 0 Å². The average molecular weight is 533 g/mol. The summed E-state index contributed by atoms with van der Waals surface area (Å²) in [6.45, 7) is 9.98. The summed E-state index contributed by atoms with van der Waals surface area (Å²) in [5.41, 5.74) is 0. The fraction of sp³-hybridized carbons (Fsp3) is 0.310. The Morgan fingerprint density at radius 3 is 1.42 bits per heavy atom. The minimum absolute atomic E-state index is 1.21. The first-order valence-corrected chi connectivity index (χ1v) is 21.1. The molecule has 3 aromatic rings. The Balaban J connectivity index is 2.31. The van der Waals surface area contributed by atoms with E-state index in [2.05, 4.69) is 124 Å². The second kappa shape index (κ2) is 11.3. The summed E-state index contributed by atoms with van der Waals surface area (Å²) in [4.78, 5) is 0. The molecule has 0 unspecified atom stereocenters. The van der Waals surface area contributed by atoms with Crippen LogP contribution in [0.5, 0.6) is 0 Å². The van der Waals surface area contributed by atoms with Gasteiger partial charge in [0, 0.05) is 0 Å². The van der Waals surface area contributed by atoms with Gasteiger partial charge in [0.1, 0.15) is 0 Å². The molecule has 0 aliphatic heterocycles. The molecule has 0 amide bonds. The van der Waals surface area contributed by atoms with E-state index >= 15 is 0 Å². The summed E-state index contributed by atoms with van der Waals surface area (Å²) in [6.07, 6.45) is 9.22. The molecule has 0 aliphatic carbocycles. The van der Waals surface area contributed by atoms with Crippen LogP contribution in [-0.4, -0.2) is 26.5 Å². The van der Waals surface area contributed by atoms with Crippen LogP contribution < -0.4 is 10.7 Å². The van der Waals surface area contributed by atoms with E-state index in [9.17, 15) is 0 Å². The van der Waals surface area contributed by atoms with E-state index in [-0.39, 0.29) is 0 Å². The van der Waals surface area contributed by atoms with Gasteiger partial charge in [0.2, 0.25) is 0 Å². The number of rotatable bonds is 10. The van der Waals surface area contributed by atoms with Gasteiger partial charge in [-0.25, -0.2) is 0 Å². The fourth-order valence-electron chi connectivity index (χ4n) is 4.87. The van der Waals surface area contributed by atoms with Crippen LogP contribution in [0.1, 0.15) is 39.0 Å². The molecule has 0 bridgehead atoms. The Labute approximate surface area is 195 Å². The zero-order chi connectivity index (χ0) is 22.2. The van der Waals surface area contributed by atoms with Crippen molar-refractivity contribution in [3.8, 4) is 0 Å². The van der Waals surface area contributed by atoms with E-state index in [1.807, 2.05) is 3.21 Å². The van der Waals surface area contributed by atoms with E-state index in [0.29, 0.717) is 0 Å². The third-order valence-corrected chi connectivity index (χ3v) is 30.2. The molecule has 31 heavy (non-hydrogen) atoms. The van der Waals surface area contributed by atoms with Crippen LogP contribution in [0.3, 0.4) is 0 Å². The molecule has 0 nitrogen and oxygen atoms in total. The number of hydrogen-bond donors (Lipinski definition) is 0. The van der Waals surface area contributed by atoms with Gasteiger partial charge in [0.05, 0.1) is 0 Å². The van der Waals surface area contributed by atoms with Crippen molar-refractivity contribution in [2.24, 2.45) is 0 Å². The number of allylic oxidation sites excluding steroid dienone is 1. The molecule has 0 aliphatic rings. The zero-order valence-electron chi connectivity index (χ0n) is 19.8. The van der Waals surface area contributed by atoms with Crippen molar-refractivity contribution in [1.29, 1.82) is 0 Å². The molecule has 0 saturated carbocycles. The fourth-order valence-corrected chi connectivity index (χ4v) is 32.0. The molecule has 2 heteroatoms. The van der Waals surface area contributed by atoms with Crippen LogP contribution >= 0.6 is 0 Å². The third-order valence-electron chi connectivity index (χ3n) is 6.24. The molecule has 162 valence electrons. The first kappa shape index (κ1) is 24.1. The van der Waals surface area contributed by atoms with Crippen LogP contribution in [-0.2, 0) is 0 Å². The van der Waals surface area contributed by atoms with Crippen molar-refractivity contribution in [3.63, 3.8) is 0 Å². The zero-order valence-corrected chi connectivity index (χ0v) is 23.6. The van der Waals surface area contributed by atoms with Gasteiger partial charge in [-0.15, -0.1) is 0 Å². The van der Waals surface area contributed by atoms with Crippen molar-refractivity contribution >= 4 is 37.2 Å². The Kier molecular flexibility index (Phi) is 8.80. The van der Waals surface area contributed by atoms with Crippen LogP contribution in [0.4, 0.5) is 0 Å². The van der Waals surface area contributed by atoms with Gasteiger partial charge in [-0.2, -0.15) is 0 Å². The van der Waals surface area contributed by atoms with Gasteiger partial charge in [0.25, 0.3) is 0 Å². The van der Waals surface area contributed by atoms with Crippen molar-refractivity contribution in [3.05, 3.63) is 100 Å². The molecule has 0 saturated heterocycles. The first-order chi connectivity index (χ1) is 15.0. The quantitative estimate of drug-likeness (QED) is 0.207. The van der Waals surface area contributed by atoms with Gasteiger partial charge in [0.15, 0.2) is 0 Å². The molecular weight excluding hydrogens is 495 g/mol. The normalized spacial score (nSPS) is 12.7. The maximum atomic E-state index is 2.71. The van der Waals surface area contributed by atoms with Gasteiger partial charge < -0.3 is 0 Å². The SMILES string of the molecule is CCCCCC/C=[C](\[Si](C)(C)C)[Sn]([c]1ccccc1)([c]1ccccc1)[c]1ccccc1. The number of hydrogen-bond acceptors (Lipinski definition) is 0. The molecule has 0 radical (unpaired) electrons. The number of unbranched alkanes of at least 4 members (excludes halogenated alkanes) is 4. The Hall–Kier alpha value is -1.58. The third kappa shape index (κ3) is 5.62. The molecule has 0 heterocycles. The molecule has 3 aromatic carbocycles. The van der Waals surface area contributed by atoms with Crippen LogP contribution in [0, 0.1) is 0 Å². The summed E-state index contributed by atoms with van der Waals surface area (Å²) < 4.78 is 6.58. The summed E-state index contributed by atoms with van der Waals surface area (Å²) in [5, 5.41) is 0. The first-order valence-electron chi connectivity index (χ1n) is 11.9. The van der Waals surface area contributed by atoms with Gasteiger partial charge in [-0.05, 0) is 0 Å². The van der Waals surface area contributed by atoms with E-state index < -0.39 is 26.5 Å². The van der Waals surface area contributed by atoms with E-state index in [1.165, 1.54) is 32.1 Å². The summed E-state index contributed by atoms with van der Waals surface area (Å²) in [6, 6.07) is 34.5. The Bertz CT molecular complexity index is 844. The van der Waals surface area contributed by atoms with Crippen LogP contribution in [0.15, 0.2) is 100 Å². The number of benzene rings is 3. The molecule has 0 spiro atoms. The van der Waals surface area contributed by atoms with E-state index in [4.69, 9.17) is 0 Å². The van der Waals surface area contributed by atoms with Crippen molar-refractivity contribution < 1.29 is 0 Å². The second-order valence-electron chi connectivity index (χ2n) is 9.57.